The minimum Gasteiger partial charge on any atom is -0.550 e. The molecule has 0 amide bonds. The fourth-order valence-corrected chi connectivity index (χ4v) is 3.76. The maximum atomic E-state index is 12.6. The van der Waals surface area contributed by atoms with Crippen LogP contribution in [0.25, 0.3) is 0 Å². The summed E-state index contributed by atoms with van der Waals surface area (Å²) in [4.78, 5) is 24.4. The standard InChI is InChI=1S/C20H20O5/c21-11-12-25-20(24)18-15(13-7-3-1-4-8-13)17(19(22)23)16(18)14-9-5-2-6-10-14/h1-10,15-18,21H,11-12H2,(H,22,23)/p-1/t15-,16-,17?,18?/m1/s1. The van der Waals surface area contributed by atoms with Gasteiger partial charge < -0.3 is 19.7 Å². The molecule has 0 unspecified atom stereocenters. The summed E-state index contributed by atoms with van der Waals surface area (Å²) in [6.07, 6.45) is 0. The van der Waals surface area contributed by atoms with Crippen molar-refractivity contribution in [3.63, 3.8) is 0 Å². The van der Waals surface area contributed by atoms with Gasteiger partial charge in [0.25, 0.3) is 0 Å². The molecule has 130 valence electrons. The Morgan fingerprint density at radius 3 is 1.76 bits per heavy atom. The second kappa shape index (κ2) is 7.49. The number of carbonyl (C=O) groups is 2. The maximum Gasteiger partial charge on any atom is 0.310 e. The highest BCUT2D eigenvalue weighted by molar-refractivity contribution is 5.83. The zero-order chi connectivity index (χ0) is 17.8. The molecule has 0 saturated heterocycles. The molecule has 1 fully saturated rings. The van der Waals surface area contributed by atoms with Crippen molar-refractivity contribution >= 4 is 11.9 Å². The number of aliphatic hydroxyl groups excluding tert-OH is 1. The number of aliphatic hydroxyl groups is 1. The van der Waals surface area contributed by atoms with Gasteiger partial charge in [-0.05, 0) is 11.1 Å². The van der Waals surface area contributed by atoms with Crippen LogP contribution in [0.3, 0.4) is 0 Å². The number of carbonyl (C=O) groups excluding carboxylic acids is 2. The highest BCUT2D eigenvalue weighted by atomic mass is 16.5. The first-order valence-electron chi connectivity index (χ1n) is 8.23. The molecule has 1 aliphatic carbocycles. The number of carboxylic acids is 1. The molecule has 3 rings (SSSR count). The number of esters is 1. The third-order valence-electron chi connectivity index (χ3n) is 4.80. The van der Waals surface area contributed by atoms with E-state index in [0.29, 0.717) is 0 Å². The van der Waals surface area contributed by atoms with Gasteiger partial charge in [0.15, 0.2) is 0 Å². The highest BCUT2D eigenvalue weighted by Gasteiger charge is 2.56. The van der Waals surface area contributed by atoms with Crippen molar-refractivity contribution in [2.24, 2.45) is 11.8 Å². The van der Waals surface area contributed by atoms with Crippen molar-refractivity contribution in [3.05, 3.63) is 71.8 Å². The summed E-state index contributed by atoms with van der Waals surface area (Å²) in [7, 11) is 0. The smallest absolute Gasteiger partial charge is 0.310 e. The average Bonchev–Trinajstić information content (AvgIpc) is 2.60. The minimum absolute atomic E-state index is 0.103. The fourth-order valence-electron chi connectivity index (χ4n) is 3.76. The fraction of sp³-hybridized carbons (Fsp3) is 0.300. The summed E-state index contributed by atoms with van der Waals surface area (Å²) < 4.78 is 5.12. The topological polar surface area (TPSA) is 86.7 Å². The number of carboxylic acid groups (broad SMARTS) is 1. The highest BCUT2D eigenvalue weighted by Crippen LogP contribution is 2.57. The molecule has 0 heterocycles. The van der Waals surface area contributed by atoms with Gasteiger partial charge in [-0.3, -0.25) is 4.79 Å². The molecule has 0 radical (unpaired) electrons. The Morgan fingerprint density at radius 1 is 0.880 bits per heavy atom. The van der Waals surface area contributed by atoms with Crippen LogP contribution < -0.4 is 5.11 Å². The Hall–Kier alpha value is -2.66. The van der Waals surface area contributed by atoms with Crippen molar-refractivity contribution in [2.75, 3.05) is 13.2 Å². The van der Waals surface area contributed by atoms with Gasteiger partial charge in [0.05, 0.1) is 12.5 Å². The van der Waals surface area contributed by atoms with Gasteiger partial charge in [0.1, 0.15) is 6.61 Å². The zero-order valence-corrected chi connectivity index (χ0v) is 13.6. The number of benzene rings is 2. The van der Waals surface area contributed by atoms with E-state index < -0.39 is 35.6 Å². The first-order chi connectivity index (χ1) is 12.1. The van der Waals surface area contributed by atoms with Gasteiger partial charge >= 0.3 is 5.97 Å². The number of ether oxygens (including phenoxy) is 1. The van der Waals surface area contributed by atoms with Crippen molar-refractivity contribution < 1.29 is 24.5 Å². The average molecular weight is 339 g/mol. The van der Waals surface area contributed by atoms with Crippen molar-refractivity contribution in [3.8, 4) is 0 Å². The van der Waals surface area contributed by atoms with Crippen molar-refractivity contribution in [1.82, 2.24) is 0 Å². The Balaban J connectivity index is 1.99. The molecule has 5 heteroatoms. The summed E-state index contributed by atoms with van der Waals surface area (Å²) in [5, 5.41) is 20.7. The largest absolute Gasteiger partial charge is 0.550 e. The van der Waals surface area contributed by atoms with E-state index >= 15 is 0 Å². The second-order valence-electron chi connectivity index (χ2n) is 6.13. The van der Waals surface area contributed by atoms with Crippen LogP contribution in [0.2, 0.25) is 0 Å². The Bertz CT molecular complexity index is 681. The van der Waals surface area contributed by atoms with E-state index in [1.807, 2.05) is 60.7 Å². The van der Waals surface area contributed by atoms with Gasteiger partial charge in [-0.1, -0.05) is 60.7 Å². The van der Waals surface area contributed by atoms with Crippen LogP contribution in [0.1, 0.15) is 23.0 Å². The molecular weight excluding hydrogens is 320 g/mol. The summed E-state index contributed by atoms with van der Waals surface area (Å²) >= 11 is 0. The van der Waals surface area contributed by atoms with Gasteiger partial charge in [0.2, 0.25) is 0 Å². The first kappa shape index (κ1) is 17.2. The molecule has 0 spiro atoms. The molecular formula is C20H19O5-. The van der Waals surface area contributed by atoms with E-state index in [1.165, 1.54) is 0 Å². The van der Waals surface area contributed by atoms with E-state index in [1.54, 1.807) is 0 Å². The van der Waals surface area contributed by atoms with E-state index in [4.69, 9.17) is 9.84 Å². The predicted molar refractivity (Wildman–Crippen MR) is 88.4 cm³/mol. The Kier molecular flexibility index (Phi) is 5.14. The molecule has 0 aliphatic heterocycles. The molecule has 2 atom stereocenters. The third kappa shape index (κ3) is 3.28. The predicted octanol–water partition coefficient (Wildman–Crippen LogP) is 1.09. The van der Waals surface area contributed by atoms with E-state index in [-0.39, 0.29) is 13.2 Å². The molecule has 2 aromatic rings. The van der Waals surface area contributed by atoms with Crippen LogP contribution in [0.15, 0.2) is 60.7 Å². The summed E-state index contributed by atoms with van der Waals surface area (Å²) in [5.74, 6) is -4.12. The van der Waals surface area contributed by atoms with E-state index in [2.05, 4.69) is 0 Å². The number of hydrogen-bond acceptors (Lipinski definition) is 5. The van der Waals surface area contributed by atoms with Crippen LogP contribution in [0.4, 0.5) is 0 Å². The number of aliphatic carboxylic acids is 1. The van der Waals surface area contributed by atoms with Crippen LogP contribution in [0.5, 0.6) is 0 Å². The summed E-state index contributed by atoms with van der Waals surface area (Å²) in [6, 6.07) is 18.2. The minimum atomic E-state index is -1.17. The number of hydrogen-bond donors (Lipinski definition) is 1. The van der Waals surface area contributed by atoms with Gasteiger partial charge in [-0.15, -0.1) is 0 Å². The van der Waals surface area contributed by atoms with Gasteiger partial charge in [-0.2, -0.15) is 0 Å². The van der Waals surface area contributed by atoms with E-state index in [0.717, 1.165) is 11.1 Å². The molecule has 25 heavy (non-hydrogen) atoms. The molecule has 0 bridgehead atoms. The lowest BCUT2D eigenvalue weighted by molar-refractivity contribution is -0.317. The van der Waals surface area contributed by atoms with E-state index in [9.17, 15) is 14.7 Å². The molecule has 1 aliphatic rings. The molecule has 1 N–H and O–H groups in total. The monoisotopic (exact) mass is 339 g/mol. The lowest BCUT2D eigenvalue weighted by atomic mass is 9.52. The summed E-state index contributed by atoms with van der Waals surface area (Å²) in [6.45, 7) is -0.372. The summed E-state index contributed by atoms with van der Waals surface area (Å²) in [5.41, 5.74) is 1.55. The quantitative estimate of drug-likeness (QED) is 0.796. The van der Waals surface area contributed by atoms with Crippen LogP contribution >= 0.6 is 0 Å². The van der Waals surface area contributed by atoms with Crippen molar-refractivity contribution in [2.45, 2.75) is 11.8 Å². The van der Waals surface area contributed by atoms with Crippen molar-refractivity contribution in [1.29, 1.82) is 0 Å². The molecule has 1 saturated carbocycles. The number of rotatable bonds is 6. The Morgan fingerprint density at radius 2 is 1.36 bits per heavy atom. The van der Waals surface area contributed by atoms with Crippen LogP contribution in [-0.2, 0) is 14.3 Å². The lowest BCUT2D eigenvalue weighted by Crippen LogP contribution is -2.55. The zero-order valence-electron chi connectivity index (χ0n) is 13.6. The van der Waals surface area contributed by atoms with Crippen LogP contribution in [-0.4, -0.2) is 30.3 Å². The Labute approximate surface area is 145 Å². The first-order valence-corrected chi connectivity index (χ1v) is 8.23. The lowest BCUT2D eigenvalue weighted by Gasteiger charge is -2.51. The van der Waals surface area contributed by atoms with Gasteiger partial charge in [0, 0.05) is 23.7 Å². The normalized spacial score (nSPS) is 25.0. The molecule has 0 aromatic heterocycles. The molecule has 2 aromatic carbocycles. The van der Waals surface area contributed by atoms with Crippen LogP contribution in [0, 0.1) is 11.8 Å². The van der Waals surface area contributed by atoms with Gasteiger partial charge in [-0.25, -0.2) is 0 Å². The third-order valence-corrected chi connectivity index (χ3v) is 4.80. The SMILES string of the molecule is O=C([O-])C1[C@@H](c2ccccc2)C(C(=O)OCCO)[C@@H]1c1ccccc1. The second-order valence-corrected chi connectivity index (χ2v) is 6.13. The maximum absolute atomic E-state index is 12.6. The molecule has 5 nitrogen and oxygen atoms in total.